The Morgan fingerprint density at radius 3 is 1.82 bits per heavy atom. The Morgan fingerprint density at radius 1 is 0.718 bits per heavy atom. The number of carbonyl (C=O) groups is 1. The van der Waals surface area contributed by atoms with Gasteiger partial charge in [0.25, 0.3) is 0 Å². The second-order valence-electron chi connectivity index (χ2n) is 10.2. The van der Waals surface area contributed by atoms with Crippen molar-refractivity contribution in [1.29, 1.82) is 0 Å². The Labute approximate surface area is 238 Å². The van der Waals surface area contributed by atoms with Gasteiger partial charge in [-0.1, -0.05) is 96.8 Å². The van der Waals surface area contributed by atoms with Gasteiger partial charge in [-0.25, -0.2) is 4.57 Å². The van der Waals surface area contributed by atoms with Crippen LogP contribution in [0.4, 0.5) is 0 Å². The molecule has 0 aliphatic carbocycles. The van der Waals surface area contributed by atoms with Crippen LogP contribution in [0.15, 0.2) is 0 Å². The number of phosphoric ester groups is 1. The minimum atomic E-state index is -4.17. The zero-order chi connectivity index (χ0) is 28.9. The average molecular weight is 582 g/mol. The molecule has 0 aliphatic heterocycles. The molecule has 0 spiro atoms. The fraction of sp³-hybridized carbons (Fsp3) is 0.966. The second-order valence-corrected chi connectivity index (χ2v) is 11.6. The molecule has 0 aromatic rings. The van der Waals surface area contributed by atoms with Crippen molar-refractivity contribution in [3.8, 4) is 0 Å². The standard InChI is InChI=1S/C29H60NO8P/c1-3-5-6-7-8-9-10-11-12-13-14-15-16-19-23-34-26-28(27-38-39(32,33)37-25-22-30)36-24-20-17-18-21-29(31)35-4-2/h28H,3-27,30H2,1-2H3,(H,32,33). The van der Waals surface area contributed by atoms with Gasteiger partial charge in [-0.15, -0.1) is 0 Å². The molecule has 0 saturated heterocycles. The van der Waals surface area contributed by atoms with E-state index in [0.29, 0.717) is 26.2 Å². The van der Waals surface area contributed by atoms with Gasteiger partial charge in [-0.3, -0.25) is 13.8 Å². The van der Waals surface area contributed by atoms with E-state index in [1.165, 1.54) is 77.0 Å². The molecular weight excluding hydrogens is 521 g/mol. The smallest absolute Gasteiger partial charge is 0.466 e. The van der Waals surface area contributed by atoms with E-state index < -0.39 is 13.9 Å². The topological polar surface area (TPSA) is 127 Å². The summed E-state index contributed by atoms with van der Waals surface area (Å²) in [6, 6.07) is 0. The maximum Gasteiger partial charge on any atom is 0.472 e. The Kier molecular flexibility index (Phi) is 28.6. The number of hydrogen-bond donors (Lipinski definition) is 2. The Morgan fingerprint density at radius 2 is 1.26 bits per heavy atom. The van der Waals surface area contributed by atoms with E-state index in [2.05, 4.69) is 6.92 Å². The van der Waals surface area contributed by atoms with Crippen LogP contribution in [-0.2, 0) is 32.6 Å². The molecule has 2 atom stereocenters. The molecule has 0 rings (SSSR count). The lowest BCUT2D eigenvalue weighted by Crippen LogP contribution is -2.26. The SMILES string of the molecule is CCCCCCCCCCCCCCCCOCC(COP(=O)(O)OCCN)OCCCCCC(=O)OCC. The van der Waals surface area contributed by atoms with Crippen LogP contribution in [0.5, 0.6) is 0 Å². The maximum atomic E-state index is 11.9. The van der Waals surface area contributed by atoms with E-state index in [1.807, 2.05) is 0 Å². The fourth-order valence-corrected chi connectivity index (χ4v) is 4.94. The van der Waals surface area contributed by atoms with Gasteiger partial charge in [0.1, 0.15) is 6.10 Å². The number of carbonyl (C=O) groups excluding carboxylic acids is 1. The highest BCUT2D eigenvalue weighted by Crippen LogP contribution is 2.43. The lowest BCUT2D eigenvalue weighted by atomic mass is 10.0. The number of nitrogens with two attached hydrogens (primary N) is 1. The molecule has 39 heavy (non-hydrogen) atoms. The summed E-state index contributed by atoms with van der Waals surface area (Å²) < 4.78 is 38.4. The largest absolute Gasteiger partial charge is 0.472 e. The highest BCUT2D eigenvalue weighted by Gasteiger charge is 2.23. The average Bonchev–Trinajstić information content (AvgIpc) is 2.91. The van der Waals surface area contributed by atoms with Crippen LogP contribution in [0.1, 0.15) is 129 Å². The summed E-state index contributed by atoms with van der Waals surface area (Å²) in [6.07, 6.45) is 20.6. The molecule has 0 fully saturated rings. The van der Waals surface area contributed by atoms with Crippen LogP contribution in [0.25, 0.3) is 0 Å². The predicted octanol–water partition coefficient (Wildman–Crippen LogP) is 7.09. The number of phosphoric acid groups is 1. The molecule has 234 valence electrons. The van der Waals surface area contributed by atoms with Gasteiger partial charge in [0.05, 0.1) is 26.4 Å². The Bertz CT molecular complexity index is 581. The Hall–Kier alpha value is -0.540. The van der Waals surface area contributed by atoms with Crippen molar-refractivity contribution >= 4 is 13.8 Å². The molecule has 0 aliphatic rings. The van der Waals surface area contributed by atoms with Crippen LogP contribution < -0.4 is 5.73 Å². The normalized spacial score (nSPS) is 13.8. The summed E-state index contributed by atoms with van der Waals surface area (Å²) in [5, 5.41) is 0. The maximum absolute atomic E-state index is 11.9. The van der Waals surface area contributed by atoms with Crippen molar-refractivity contribution < 1.29 is 37.5 Å². The van der Waals surface area contributed by atoms with Gasteiger partial charge in [-0.05, 0) is 26.2 Å². The zero-order valence-corrected chi connectivity index (χ0v) is 26.0. The van der Waals surface area contributed by atoms with Crippen molar-refractivity contribution in [3.63, 3.8) is 0 Å². The number of hydrogen-bond acceptors (Lipinski definition) is 8. The molecule has 10 heteroatoms. The number of esters is 1. The molecule has 0 bridgehead atoms. The van der Waals surface area contributed by atoms with Gasteiger partial charge in [-0.2, -0.15) is 0 Å². The molecule has 0 amide bonds. The molecule has 0 saturated carbocycles. The van der Waals surface area contributed by atoms with E-state index >= 15 is 0 Å². The molecule has 0 radical (unpaired) electrons. The molecule has 0 aromatic carbocycles. The van der Waals surface area contributed by atoms with Gasteiger partial charge >= 0.3 is 13.8 Å². The highest BCUT2D eigenvalue weighted by atomic mass is 31.2. The van der Waals surface area contributed by atoms with E-state index in [9.17, 15) is 14.3 Å². The van der Waals surface area contributed by atoms with Crippen molar-refractivity contribution in [1.82, 2.24) is 0 Å². The van der Waals surface area contributed by atoms with Gasteiger partial charge in [0.2, 0.25) is 0 Å². The van der Waals surface area contributed by atoms with E-state index in [1.54, 1.807) is 6.92 Å². The van der Waals surface area contributed by atoms with E-state index in [-0.39, 0.29) is 32.3 Å². The summed E-state index contributed by atoms with van der Waals surface area (Å²) in [5.41, 5.74) is 5.32. The number of unbranched alkanes of at least 4 members (excludes halogenated alkanes) is 15. The van der Waals surface area contributed by atoms with Crippen LogP contribution >= 0.6 is 7.82 Å². The molecule has 0 heterocycles. The summed E-state index contributed by atoms with van der Waals surface area (Å²) >= 11 is 0. The second kappa shape index (κ2) is 29.0. The van der Waals surface area contributed by atoms with Crippen LogP contribution in [0.2, 0.25) is 0 Å². The summed E-state index contributed by atoms with van der Waals surface area (Å²) in [7, 11) is -4.17. The molecule has 9 nitrogen and oxygen atoms in total. The lowest BCUT2D eigenvalue weighted by molar-refractivity contribution is -0.143. The summed E-state index contributed by atoms with van der Waals surface area (Å²) in [4.78, 5) is 21.2. The minimum Gasteiger partial charge on any atom is -0.466 e. The predicted molar refractivity (Wildman–Crippen MR) is 157 cm³/mol. The molecular formula is C29H60NO8P. The summed E-state index contributed by atoms with van der Waals surface area (Å²) in [6.45, 7) is 5.75. The van der Waals surface area contributed by atoms with E-state index in [0.717, 1.165) is 32.1 Å². The molecule has 3 N–H and O–H groups in total. The molecule has 0 aromatic heterocycles. The first kappa shape index (κ1) is 38.5. The fourth-order valence-electron chi connectivity index (χ4n) is 4.17. The lowest BCUT2D eigenvalue weighted by Gasteiger charge is -2.20. The number of ether oxygens (including phenoxy) is 3. The zero-order valence-electron chi connectivity index (χ0n) is 25.1. The van der Waals surface area contributed by atoms with Crippen LogP contribution in [0.3, 0.4) is 0 Å². The third kappa shape index (κ3) is 28.8. The summed E-state index contributed by atoms with van der Waals surface area (Å²) in [5.74, 6) is -0.183. The van der Waals surface area contributed by atoms with E-state index in [4.69, 9.17) is 29.0 Å². The first-order chi connectivity index (χ1) is 18.9. The minimum absolute atomic E-state index is 0.0601. The van der Waals surface area contributed by atoms with Crippen molar-refractivity contribution in [2.45, 2.75) is 136 Å². The third-order valence-corrected chi connectivity index (χ3v) is 7.41. The van der Waals surface area contributed by atoms with Crippen molar-refractivity contribution in [3.05, 3.63) is 0 Å². The van der Waals surface area contributed by atoms with Crippen molar-refractivity contribution in [2.24, 2.45) is 5.73 Å². The van der Waals surface area contributed by atoms with Gasteiger partial charge < -0.3 is 24.8 Å². The third-order valence-electron chi connectivity index (χ3n) is 6.43. The van der Waals surface area contributed by atoms with Crippen LogP contribution in [0, 0.1) is 0 Å². The first-order valence-electron chi connectivity index (χ1n) is 15.6. The first-order valence-corrected chi connectivity index (χ1v) is 17.1. The number of rotatable bonds is 31. The van der Waals surface area contributed by atoms with Crippen molar-refractivity contribution in [2.75, 3.05) is 46.2 Å². The quantitative estimate of drug-likeness (QED) is 0.0501. The van der Waals surface area contributed by atoms with Gasteiger partial charge in [0.15, 0.2) is 0 Å². The molecule has 2 unspecified atom stereocenters. The van der Waals surface area contributed by atoms with Gasteiger partial charge in [0, 0.05) is 26.2 Å². The monoisotopic (exact) mass is 581 g/mol. The highest BCUT2D eigenvalue weighted by molar-refractivity contribution is 7.47. The Balaban J connectivity index is 3.95. The van der Waals surface area contributed by atoms with Crippen LogP contribution in [-0.4, -0.2) is 63.2 Å².